The minimum Gasteiger partial charge on any atom is -0.508 e. The number of benzene rings is 1. The summed E-state index contributed by atoms with van der Waals surface area (Å²) in [5, 5.41) is 10.1. The molecule has 1 N–H and O–H groups in total. The van der Waals surface area contributed by atoms with Crippen LogP contribution in [0.15, 0.2) is 12.1 Å². The van der Waals surface area contributed by atoms with Crippen LogP contribution in [-0.2, 0) is 17.3 Å². The van der Waals surface area contributed by atoms with Crippen LogP contribution in [0.4, 0.5) is 0 Å². The maximum atomic E-state index is 10.1. The van der Waals surface area contributed by atoms with Crippen LogP contribution in [-0.4, -0.2) is 5.11 Å². The summed E-state index contributed by atoms with van der Waals surface area (Å²) in [6.07, 6.45) is 0.966. The average molecular weight is 234 g/mol. The van der Waals surface area contributed by atoms with E-state index in [4.69, 9.17) is 0 Å². The molecule has 1 aromatic carbocycles. The van der Waals surface area contributed by atoms with Gasteiger partial charge in [-0.2, -0.15) is 0 Å². The molecule has 0 saturated carbocycles. The fourth-order valence-electron chi connectivity index (χ4n) is 2.54. The lowest BCUT2D eigenvalue weighted by atomic mass is 9.75. The lowest BCUT2D eigenvalue weighted by Crippen LogP contribution is -2.20. The van der Waals surface area contributed by atoms with E-state index in [1.807, 2.05) is 6.07 Å². The molecule has 0 bridgehead atoms. The first-order valence-electron chi connectivity index (χ1n) is 6.44. The lowest BCUT2D eigenvalue weighted by molar-refractivity contribution is 0.441. The van der Waals surface area contributed by atoms with Gasteiger partial charge in [0.05, 0.1) is 0 Å². The Labute approximate surface area is 106 Å². The molecule has 0 aliphatic rings. The number of hydrogen-bond acceptors (Lipinski definition) is 1. The second-order valence-corrected chi connectivity index (χ2v) is 6.84. The predicted octanol–water partition coefficient (Wildman–Crippen LogP) is 4.55. The Morgan fingerprint density at radius 2 is 1.47 bits per heavy atom. The largest absolute Gasteiger partial charge is 0.508 e. The van der Waals surface area contributed by atoms with Crippen LogP contribution in [0.25, 0.3) is 0 Å². The van der Waals surface area contributed by atoms with Crippen LogP contribution >= 0.6 is 0 Å². The Kier molecular flexibility index (Phi) is 3.61. The van der Waals surface area contributed by atoms with E-state index in [0.29, 0.717) is 5.75 Å². The summed E-state index contributed by atoms with van der Waals surface area (Å²) in [5.41, 5.74) is 3.87. The van der Waals surface area contributed by atoms with E-state index >= 15 is 0 Å². The highest BCUT2D eigenvalue weighted by Crippen LogP contribution is 2.39. The number of rotatable bonds is 1. The zero-order chi connectivity index (χ0) is 13.4. The van der Waals surface area contributed by atoms with Crippen LogP contribution in [0.1, 0.15) is 65.2 Å². The number of phenols is 1. The zero-order valence-corrected chi connectivity index (χ0v) is 12.3. The van der Waals surface area contributed by atoms with Crippen molar-refractivity contribution in [1.82, 2.24) is 0 Å². The monoisotopic (exact) mass is 234 g/mol. The standard InChI is InChI=1S/C16H26O/c1-8-11-12(15(2,3)4)9-10-13(17)14(11)16(5,6)7/h9-10,17H,8H2,1-7H3. The first-order chi connectivity index (χ1) is 7.59. The van der Waals surface area contributed by atoms with Gasteiger partial charge in [0.15, 0.2) is 0 Å². The topological polar surface area (TPSA) is 20.2 Å². The number of hydrogen-bond donors (Lipinski definition) is 1. The van der Waals surface area contributed by atoms with Gasteiger partial charge in [0, 0.05) is 5.56 Å². The maximum absolute atomic E-state index is 10.1. The Balaban J connectivity index is 3.60. The number of aromatic hydroxyl groups is 1. The quantitative estimate of drug-likeness (QED) is 0.756. The van der Waals surface area contributed by atoms with Gasteiger partial charge in [-0.1, -0.05) is 54.5 Å². The summed E-state index contributed by atoms with van der Waals surface area (Å²) in [4.78, 5) is 0. The molecule has 0 saturated heterocycles. The second-order valence-electron chi connectivity index (χ2n) is 6.84. The third kappa shape index (κ3) is 2.83. The van der Waals surface area contributed by atoms with E-state index < -0.39 is 0 Å². The van der Waals surface area contributed by atoms with Crippen LogP contribution in [0.3, 0.4) is 0 Å². The molecule has 0 fully saturated rings. The third-order valence-electron chi connectivity index (χ3n) is 3.20. The Morgan fingerprint density at radius 3 is 1.82 bits per heavy atom. The second kappa shape index (κ2) is 4.36. The highest BCUT2D eigenvalue weighted by molar-refractivity contribution is 5.50. The van der Waals surface area contributed by atoms with Gasteiger partial charge in [-0.05, 0) is 34.4 Å². The van der Waals surface area contributed by atoms with Crippen molar-refractivity contribution < 1.29 is 5.11 Å². The predicted molar refractivity (Wildman–Crippen MR) is 74.9 cm³/mol. The molecule has 1 aromatic rings. The summed E-state index contributed by atoms with van der Waals surface area (Å²) in [7, 11) is 0. The summed E-state index contributed by atoms with van der Waals surface area (Å²) in [5.74, 6) is 0.433. The molecule has 1 heteroatoms. The van der Waals surface area contributed by atoms with Crippen molar-refractivity contribution in [2.24, 2.45) is 0 Å². The van der Waals surface area contributed by atoms with E-state index in [1.54, 1.807) is 0 Å². The van der Waals surface area contributed by atoms with Crippen molar-refractivity contribution in [2.45, 2.75) is 65.7 Å². The summed E-state index contributed by atoms with van der Waals surface area (Å²) >= 11 is 0. The first kappa shape index (κ1) is 14.1. The molecule has 0 heterocycles. The lowest BCUT2D eigenvalue weighted by Gasteiger charge is -2.30. The Bertz CT molecular complexity index is 403. The van der Waals surface area contributed by atoms with Crippen molar-refractivity contribution in [3.8, 4) is 5.75 Å². The minimum absolute atomic E-state index is 0.0172. The third-order valence-corrected chi connectivity index (χ3v) is 3.20. The molecule has 96 valence electrons. The molecule has 0 atom stereocenters. The van der Waals surface area contributed by atoms with Crippen molar-refractivity contribution in [3.05, 3.63) is 28.8 Å². The van der Waals surface area contributed by atoms with Crippen LogP contribution in [0, 0.1) is 0 Å². The van der Waals surface area contributed by atoms with Gasteiger partial charge in [-0.15, -0.1) is 0 Å². The van der Waals surface area contributed by atoms with Crippen molar-refractivity contribution in [2.75, 3.05) is 0 Å². The molecule has 0 aromatic heterocycles. The van der Waals surface area contributed by atoms with Crippen molar-refractivity contribution >= 4 is 0 Å². The Hall–Kier alpha value is -0.980. The Morgan fingerprint density at radius 1 is 0.941 bits per heavy atom. The van der Waals surface area contributed by atoms with E-state index in [0.717, 1.165) is 12.0 Å². The molecular weight excluding hydrogens is 208 g/mol. The molecule has 0 radical (unpaired) electrons. The van der Waals surface area contributed by atoms with Gasteiger partial charge in [0.2, 0.25) is 0 Å². The minimum atomic E-state index is -0.0172. The molecule has 1 nitrogen and oxygen atoms in total. The number of phenolic OH excluding ortho intramolecular Hbond substituents is 1. The first-order valence-corrected chi connectivity index (χ1v) is 6.44. The van der Waals surface area contributed by atoms with Gasteiger partial charge >= 0.3 is 0 Å². The molecule has 0 aliphatic heterocycles. The normalized spacial score (nSPS) is 12.9. The van der Waals surface area contributed by atoms with E-state index in [-0.39, 0.29) is 10.8 Å². The van der Waals surface area contributed by atoms with Crippen molar-refractivity contribution in [1.29, 1.82) is 0 Å². The summed E-state index contributed by atoms with van der Waals surface area (Å²) in [6.45, 7) is 15.3. The fraction of sp³-hybridized carbons (Fsp3) is 0.625. The maximum Gasteiger partial charge on any atom is 0.119 e. The highest BCUT2D eigenvalue weighted by atomic mass is 16.3. The van der Waals surface area contributed by atoms with Gasteiger partial charge in [-0.3, -0.25) is 0 Å². The highest BCUT2D eigenvalue weighted by Gasteiger charge is 2.27. The summed E-state index contributed by atoms with van der Waals surface area (Å²) in [6, 6.07) is 3.92. The van der Waals surface area contributed by atoms with Gasteiger partial charge in [0.1, 0.15) is 5.75 Å². The van der Waals surface area contributed by atoms with Crippen LogP contribution < -0.4 is 0 Å². The molecule has 0 spiro atoms. The molecular formula is C16H26O. The van der Waals surface area contributed by atoms with E-state index in [9.17, 15) is 5.11 Å². The molecule has 17 heavy (non-hydrogen) atoms. The summed E-state index contributed by atoms with van der Waals surface area (Å²) < 4.78 is 0. The fourth-order valence-corrected chi connectivity index (χ4v) is 2.54. The van der Waals surface area contributed by atoms with Gasteiger partial charge < -0.3 is 5.11 Å². The van der Waals surface area contributed by atoms with Gasteiger partial charge in [-0.25, -0.2) is 0 Å². The molecule has 0 amide bonds. The SMILES string of the molecule is CCc1c(C(C)(C)C)ccc(O)c1C(C)(C)C. The smallest absolute Gasteiger partial charge is 0.119 e. The van der Waals surface area contributed by atoms with Crippen molar-refractivity contribution in [3.63, 3.8) is 0 Å². The van der Waals surface area contributed by atoms with E-state index in [2.05, 4.69) is 54.5 Å². The van der Waals surface area contributed by atoms with Gasteiger partial charge in [0.25, 0.3) is 0 Å². The molecule has 1 rings (SSSR count). The molecule has 0 unspecified atom stereocenters. The zero-order valence-electron chi connectivity index (χ0n) is 12.3. The van der Waals surface area contributed by atoms with Crippen LogP contribution in [0.5, 0.6) is 5.75 Å². The average Bonchev–Trinajstić information content (AvgIpc) is 2.12. The van der Waals surface area contributed by atoms with E-state index in [1.165, 1.54) is 11.1 Å². The molecule has 0 aliphatic carbocycles. The van der Waals surface area contributed by atoms with Crippen LogP contribution in [0.2, 0.25) is 0 Å².